The molecular weight excluding hydrogens is 344 g/mol. The average Bonchev–Trinajstić information content (AvgIpc) is 2.38. The van der Waals surface area contributed by atoms with Crippen molar-refractivity contribution in [1.82, 2.24) is 4.90 Å². The number of halogens is 1. The Bertz CT molecular complexity index is 557. The van der Waals surface area contributed by atoms with Gasteiger partial charge in [-0.05, 0) is 24.6 Å². The Labute approximate surface area is 128 Å². The van der Waals surface area contributed by atoms with Crippen LogP contribution in [0.5, 0.6) is 0 Å². The van der Waals surface area contributed by atoms with Crippen LogP contribution < -0.4 is 5.73 Å². The van der Waals surface area contributed by atoms with Gasteiger partial charge in [0, 0.05) is 24.1 Å². The van der Waals surface area contributed by atoms with Gasteiger partial charge in [0.25, 0.3) is 0 Å². The highest BCUT2D eigenvalue weighted by atomic mass is 79.9. The summed E-state index contributed by atoms with van der Waals surface area (Å²) in [5.74, 6) is -1.07. The number of likely N-dealkylation sites (N-methyl/N-ethyl adjacent to an activating group) is 1. The first-order chi connectivity index (χ1) is 9.25. The molecule has 1 rings (SSSR count). The molecule has 112 valence electrons. The van der Waals surface area contributed by atoms with E-state index in [0.29, 0.717) is 12.1 Å². The highest BCUT2D eigenvalue weighted by Gasteiger charge is 2.22. The summed E-state index contributed by atoms with van der Waals surface area (Å²) < 4.78 is 24.9. The fourth-order valence-corrected chi connectivity index (χ4v) is 3.23. The predicted octanol–water partition coefficient (Wildman–Crippen LogP) is 1.17. The Hall–Kier alpha value is -0.920. The molecule has 0 saturated carbocycles. The van der Waals surface area contributed by atoms with E-state index in [1.165, 1.54) is 4.90 Å². The van der Waals surface area contributed by atoms with Crippen LogP contribution in [0, 0.1) is 0 Å². The number of nitrogens with zero attached hydrogens (tertiary/aromatic N) is 1. The van der Waals surface area contributed by atoms with Gasteiger partial charge in [-0.3, -0.25) is 4.79 Å². The highest BCUT2D eigenvalue weighted by molar-refractivity contribution is 9.10. The van der Waals surface area contributed by atoms with Crippen LogP contribution in [-0.2, 0) is 20.4 Å². The van der Waals surface area contributed by atoms with Gasteiger partial charge >= 0.3 is 0 Å². The van der Waals surface area contributed by atoms with Crippen LogP contribution in [0.2, 0.25) is 0 Å². The molecule has 7 heteroatoms. The van der Waals surface area contributed by atoms with E-state index in [-0.39, 0.29) is 11.8 Å². The molecule has 0 aliphatic carbocycles. The van der Waals surface area contributed by atoms with Crippen LogP contribution in [0.25, 0.3) is 0 Å². The van der Waals surface area contributed by atoms with Gasteiger partial charge in [-0.25, -0.2) is 8.42 Å². The van der Waals surface area contributed by atoms with Crippen molar-refractivity contribution < 1.29 is 13.2 Å². The molecule has 0 aromatic heterocycles. The molecule has 0 aliphatic rings. The topological polar surface area (TPSA) is 80.5 Å². The van der Waals surface area contributed by atoms with E-state index in [9.17, 15) is 13.2 Å². The van der Waals surface area contributed by atoms with Gasteiger partial charge in [-0.1, -0.05) is 28.1 Å². The maximum Gasteiger partial charge on any atom is 0.237 e. The zero-order valence-electron chi connectivity index (χ0n) is 11.5. The molecule has 1 aromatic rings. The van der Waals surface area contributed by atoms with E-state index < -0.39 is 21.5 Å². The summed E-state index contributed by atoms with van der Waals surface area (Å²) in [6.07, 6.45) is 0. The minimum atomic E-state index is -3.48. The van der Waals surface area contributed by atoms with Crippen LogP contribution in [0.4, 0.5) is 0 Å². The van der Waals surface area contributed by atoms with Gasteiger partial charge in [0.15, 0.2) is 9.84 Å². The fourth-order valence-electron chi connectivity index (χ4n) is 1.58. The lowest BCUT2D eigenvalue weighted by atomic mass is 10.2. The normalized spacial score (nSPS) is 13.0. The summed E-state index contributed by atoms with van der Waals surface area (Å²) in [7, 11) is -1.92. The second-order valence-corrected chi connectivity index (χ2v) is 7.73. The second kappa shape index (κ2) is 7.19. The fraction of sp³-hybridized carbons (Fsp3) is 0.462. The summed E-state index contributed by atoms with van der Waals surface area (Å²) in [4.78, 5) is 13.3. The van der Waals surface area contributed by atoms with E-state index in [4.69, 9.17) is 5.73 Å². The van der Waals surface area contributed by atoms with Crippen LogP contribution in [0.1, 0.15) is 12.5 Å². The monoisotopic (exact) mass is 362 g/mol. The van der Waals surface area contributed by atoms with Gasteiger partial charge in [-0.2, -0.15) is 0 Å². The molecule has 0 saturated heterocycles. The van der Waals surface area contributed by atoms with Gasteiger partial charge in [0.05, 0.1) is 5.75 Å². The molecule has 0 radical (unpaired) electrons. The number of nitrogens with two attached hydrogens (primary N) is 1. The van der Waals surface area contributed by atoms with Gasteiger partial charge in [0.1, 0.15) is 5.75 Å². The summed E-state index contributed by atoms with van der Waals surface area (Å²) in [6, 6.07) is 6.81. The van der Waals surface area contributed by atoms with Crippen LogP contribution in [-0.4, -0.2) is 44.6 Å². The van der Waals surface area contributed by atoms with E-state index in [1.54, 1.807) is 38.2 Å². The Balaban J connectivity index is 2.70. The zero-order valence-corrected chi connectivity index (χ0v) is 13.9. The SMILES string of the molecule is CC(CN)N(C)C(=O)CS(=O)(=O)Cc1ccc(Br)cc1. The van der Waals surface area contributed by atoms with Crippen LogP contribution in [0.3, 0.4) is 0 Å². The number of hydrogen-bond donors (Lipinski definition) is 1. The van der Waals surface area contributed by atoms with Crippen molar-refractivity contribution in [3.05, 3.63) is 34.3 Å². The first-order valence-corrected chi connectivity index (χ1v) is 8.77. The second-order valence-electron chi connectivity index (χ2n) is 4.75. The number of rotatable bonds is 6. The average molecular weight is 363 g/mol. The Morgan fingerprint density at radius 2 is 1.90 bits per heavy atom. The molecule has 2 N–H and O–H groups in total. The molecular formula is C13H19BrN2O3S. The lowest BCUT2D eigenvalue weighted by Crippen LogP contribution is -2.42. The number of amides is 1. The van der Waals surface area contributed by atoms with Crippen molar-refractivity contribution in [2.75, 3.05) is 19.3 Å². The van der Waals surface area contributed by atoms with Crippen LogP contribution in [0.15, 0.2) is 28.7 Å². The minimum absolute atomic E-state index is 0.142. The third-order valence-electron chi connectivity index (χ3n) is 3.04. The minimum Gasteiger partial charge on any atom is -0.341 e. The van der Waals surface area contributed by atoms with Gasteiger partial charge in [-0.15, -0.1) is 0 Å². The lowest BCUT2D eigenvalue weighted by Gasteiger charge is -2.23. The molecule has 0 heterocycles. The predicted molar refractivity (Wildman–Crippen MR) is 82.9 cm³/mol. The molecule has 0 spiro atoms. The largest absolute Gasteiger partial charge is 0.341 e. The first kappa shape index (κ1) is 17.1. The molecule has 1 atom stereocenters. The Morgan fingerprint density at radius 1 is 1.35 bits per heavy atom. The number of sulfone groups is 1. The molecule has 0 fully saturated rings. The van der Waals surface area contributed by atoms with Crippen molar-refractivity contribution in [2.24, 2.45) is 5.73 Å². The Kier molecular flexibility index (Phi) is 6.16. The van der Waals surface area contributed by atoms with E-state index >= 15 is 0 Å². The molecule has 1 aromatic carbocycles. The van der Waals surface area contributed by atoms with E-state index in [0.717, 1.165) is 4.47 Å². The quantitative estimate of drug-likeness (QED) is 0.823. The molecule has 5 nitrogen and oxygen atoms in total. The summed E-state index contributed by atoms with van der Waals surface area (Å²) >= 11 is 3.29. The molecule has 0 bridgehead atoms. The standard InChI is InChI=1S/C13H19BrN2O3S/c1-10(7-15)16(2)13(17)9-20(18,19)8-11-3-5-12(14)6-4-11/h3-6,10H,7-9,15H2,1-2H3. The van der Waals surface area contributed by atoms with Crippen molar-refractivity contribution in [3.63, 3.8) is 0 Å². The van der Waals surface area contributed by atoms with Crippen molar-refractivity contribution >= 4 is 31.7 Å². The summed E-state index contributed by atoms with van der Waals surface area (Å²) in [5.41, 5.74) is 6.13. The van der Waals surface area contributed by atoms with E-state index in [2.05, 4.69) is 15.9 Å². The number of carbonyl (C=O) groups excluding carboxylic acids is 1. The number of carbonyl (C=O) groups is 1. The van der Waals surface area contributed by atoms with Crippen LogP contribution >= 0.6 is 15.9 Å². The van der Waals surface area contributed by atoms with Crippen molar-refractivity contribution in [1.29, 1.82) is 0 Å². The third-order valence-corrected chi connectivity index (χ3v) is 5.03. The zero-order chi connectivity index (χ0) is 15.3. The maximum absolute atomic E-state index is 12.0. The summed E-state index contributed by atoms with van der Waals surface area (Å²) in [5, 5.41) is 0. The first-order valence-electron chi connectivity index (χ1n) is 6.16. The van der Waals surface area contributed by atoms with E-state index in [1.807, 2.05) is 0 Å². The number of benzene rings is 1. The molecule has 20 heavy (non-hydrogen) atoms. The molecule has 1 amide bonds. The highest BCUT2D eigenvalue weighted by Crippen LogP contribution is 2.13. The number of hydrogen-bond acceptors (Lipinski definition) is 4. The third kappa shape index (κ3) is 5.22. The smallest absolute Gasteiger partial charge is 0.237 e. The Morgan fingerprint density at radius 3 is 2.40 bits per heavy atom. The molecule has 0 aliphatic heterocycles. The molecule has 1 unspecified atom stereocenters. The van der Waals surface area contributed by atoms with Crippen molar-refractivity contribution in [2.45, 2.75) is 18.7 Å². The summed E-state index contributed by atoms with van der Waals surface area (Å²) in [6.45, 7) is 2.08. The van der Waals surface area contributed by atoms with Gasteiger partial charge in [0.2, 0.25) is 5.91 Å². The van der Waals surface area contributed by atoms with Crippen molar-refractivity contribution in [3.8, 4) is 0 Å². The lowest BCUT2D eigenvalue weighted by molar-refractivity contribution is -0.128. The maximum atomic E-state index is 12.0. The van der Waals surface area contributed by atoms with Gasteiger partial charge < -0.3 is 10.6 Å².